The van der Waals surface area contributed by atoms with Crippen molar-refractivity contribution >= 4 is 11.3 Å². The molecule has 1 N–H and O–H groups in total. The first-order valence-corrected chi connectivity index (χ1v) is 6.59. The van der Waals surface area contributed by atoms with Gasteiger partial charge in [0.15, 0.2) is 0 Å². The Morgan fingerprint density at radius 2 is 2.35 bits per heavy atom. The van der Waals surface area contributed by atoms with Gasteiger partial charge in [0, 0.05) is 17.6 Å². The third kappa shape index (κ3) is 3.90. The zero-order valence-corrected chi connectivity index (χ0v) is 10.9. The molecular formula is C11H17N5S. The number of thiazole rings is 1. The van der Waals surface area contributed by atoms with Crippen LogP contribution in [0.5, 0.6) is 0 Å². The first-order chi connectivity index (χ1) is 8.24. The van der Waals surface area contributed by atoms with Crippen LogP contribution in [0.4, 0.5) is 0 Å². The standard InChI is InChI=1S/C11H17N5S/c1-9(2)3-12-4-10-6-16(15-14-10)7-11-5-13-8-17-11/h5-6,8-9,12H,3-4,7H2,1-2H3. The smallest absolute Gasteiger partial charge is 0.0964 e. The van der Waals surface area contributed by atoms with Gasteiger partial charge in [0.05, 0.1) is 23.9 Å². The second-order valence-corrected chi connectivity index (χ2v) is 5.37. The summed E-state index contributed by atoms with van der Waals surface area (Å²) in [5.41, 5.74) is 2.81. The lowest BCUT2D eigenvalue weighted by atomic mass is 10.2. The van der Waals surface area contributed by atoms with Crippen LogP contribution in [0.25, 0.3) is 0 Å². The first kappa shape index (κ1) is 12.2. The summed E-state index contributed by atoms with van der Waals surface area (Å²) in [6.07, 6.45) is 3.84. The second kappa shape index (κ2) is 5.88. The summed E-state index contributed by atoms with van der Waals surface area (Å²) < 4.78 is 1.85. The van der Waals surface area contributed by atoms with Crippen LogP contribution >= 0.6 is 11.3 Å². The zero-order chi connectivity index (χ0) is 12.1. The normalized spacial score (nSPS) is 11.2. The molecule has 0 aliphatic heterocycles. The molecule has 0 saturated carbocycles. The molecule has 0 radical (unpaired) electrons. The van der Waals surface area contributed by atoms with Crippen molar-refractivity contribution in [1.82, 2.24) is 25.3 Å². The average molecular weight is 251 g/mol. The molecule has 17 heavy (non-hydrogen) atoms. The molecular weight excluding hydrogens is 234 g/mol. The molecule has 0 saturated heterocycles. The van der Waals surface area contributed by atoms with Crippen LogP contribution in [0.3, 0.4) is 0 Å². The number of nitrogens with zero attached hydrogens (tertiary/aromatic N) is 4. The highest BCUT2D eigenvalue weighted by molar-refractivity contribution is 7.09. The molecule has 0 aliphatic rings. The van der Waals surface area contributed by atoms with E-state index in [0.717, 1.165) is 25.3 Å². The fraction of sp³-hybridized carbons (Fsp3) is 0.545. The molecule has 6 heteroatoms. The Hall–Kier alpha value is -1.27. The SMILES string of the molecule is CC(C)CNCc1cn(Cc2cncs2)nn1. The Kier molecular flexibility index (Phi) is 4.22. The summed E-state index contributed by atoms with van der Waals surface area (Å²) >= 11 is 1.63. The van der Waals surface area contributed by atoms with Gasteiger partial charge in [0.2, 0.25) is 0 Å². The van der Waals surface area contributed by atoms with Crippen LogP contribution in [0, 0.1) is 5.92 Å². The lowest BCUT2D eigenvalue weighted by Gasteiger charge is -2.04. The first-order valence-electron chi connectivity index (χ1n) is 5.71. The Balaban J connectivity index is 1.83. The van der Waals surface area contributed by atoms with Gasteiger partial charge in [-0.3, -0.25) is 4.98 Å². The van der Waals surface area contributed by atoms with E-state index in [-0.39, 0.29) is 0 Å². The van der Waals surface area contributed by atoms with E-state index >= 15 is 0 Å². The molecule has 0 unspecified atom stereocenters. The predicted molar refractivity (Wildman–Crippen MR) is 67.8 cm³/mol. The van der Waals surface area contributed by atoms with Gasteiger partial charge in [-0.2, -0.15) is 0 Å². The number of rotatable bonds is 6. The van der Waals surface area contributed by atoms with E-state index in [2.05, 4.69) is 34.5 Å². The minimum absolute atomic E-state index is 0.655. The Morgan fingerprint density at radius 3 is 3.06 bits per heavy atom. The summed E-state index contributed by atoms with van der Waals surface area (Å²) in [4.78, 5) is 5.23. The lowest BCUT2D eigenvalue weighted by Crippen LogP contribution is -2.19. The molecule has 0 aromatic carbocycles. The molecule has 2 aromatic heterocycles. The number of nitrogens with one attached hydrogen (secondary N) is 1. The number of hydrogen-bond donors (Lipinski definition) is 1. The van der Waals surface area contributed by atoms with Crippen LogP contribution in [0.2, 0.25) is 0 Å². The number of aromatic nitrogens is 4. The maximum absolute atomic E-state index is 4.13. The second-order valence-electron chi connectivity index (χ2n) is 4.40. The van der Waals surface area contributed by atoms with Crippen LogP contribution in [-0.4, -0.2) is 26.5 Å². The highest BCUT2D eigenvalue weighted by atomic mass is 32.1. The third-order valence-electron chi connectivity index (χ3n) is 2.25. The zero-order valence-electron chi connectivity index (χ0n) is 10.1. The molecule has 5 nitrogen and oxygen atoms in total. The van der Waals surface area contributed by atoms with Crippen molar-refractivity contribution in [3.05, 3.63) is 28.5 Å². The lowest BCUT2D eigenvalue weighted by molar-refractivity contribution is 0.548. The van der Waals surface area contributed by atoms with Crippen LogP contribution in [-0.2, 0) is 13.1 Å². The minimum Gasteiger partial charge on any atom is -0.311 e. The summed E-state index contributed by atoms with van der Waals surface area (Å²) in [5, 5.41) is 11.6. The summed E-state index contributed by atoms with van der Waals surface area (Å²) in [6, 6.07) is 0. The number of hydrogen-bond acceptors (Lipinski definition) is 5. The van der Waals surface area contributed by atoms with Crippen molar-refractivity contribution in [3.63, 3.8) is 0 Å². The molecule has 92 valence electrons. The summed E-state index contributed by atoms with van der Waals surface area (Å²) in [5.74, 6) is 0.655. The van der Waals surface area contributed by atoms with Crippen LogP contribution in [0.1, 0.15) is 24.4 Å². The van der Waals surface area contributed by atoms with Crippen LogP contribution < -0.4 is 5.32 Å². The Morgan fingerprint density at radius 1 is 1.47 bits per heavy atom. The fourth-order valence-electron chi connectivity index (χ4n) is 1.47. The van der Waals surface area contributed by atoms with E-state index in [1.54, 1.807) is 11.3 Å². The van der Waals surface area contributed by atoms with E-state index < -0.39 is 0 Å². The molecule has 0 spiro atoms. The predicted octanol–water partition coefficient (Wildman–Crippen LogP) is 1.53. The fourth-order valence-corrected chi connectivity index (χ4v) is 2.05. The van der Waals surface area contributed by atoms with Crippen molar-refractivity contribution in [1.29, 1.82) is 0 Å². The molecule has 0 aliphatic carbocycles. The molecule has 2 rings (SSSR count). The van der Waals surface area contributed by atoms with Gasteiger partial charge in [-0.15, -0.1) is 16.4 Å². The summed E-state index contributed by atoms with van der Waals surface area (Å²) in [6.45, 7) is 6.91. The molecule has 0 bridgehead atoms. The maximum atomic E-state index is 4.13. The summed E-state index contributed by atoms with van der Waals surface area (Å²) in [7, 11) is 0. The van der Waals surface area contributed by atoms with Crippen molar-refractivity contribution in [2.45, 2.75) is 26.9 Å². The van der Waals surface area contributed by atoms with Gasteiger partial charge in [-0.05, 0) is 12.5 Å². The molecule has 0 fully saturated rings. The topological polar surface area (TPSA) is 55.6 Å². The van der Waals surface area contributed by atoms with Crippen molar-refractivity contribution in [3.8, 4) is 0 Å². The Labute approximate surface area is 105 Å². The van der Waals surface area contributed by atoms with E-state index in [1.807, 2.05) is 22.6 Å². The van der Waals surface area contributed by atoms with Crippen molar-refractivity contribution in [2.24, 2.45) is 5.92 Å². The molecule has 0 atom stereocenters. The van der Waals surface area contributed by atoms with Gasteiger partial charge in [-0.1, -0.05) is 19.1 Å². The Bertz CT molecular complexity index is 434. The van der Waals surface area contributed by atoms with Gasteiger partial charge < -0.3 is 5.32 Å². The van der Waals surface area contributed by atoms with E-state index in [4.69, 9.17) is 0 Å². The molecule has 2 heterocycles. The average Bonchev–Trinajstić information content (AvgIpc) is 2.90. The van der Waals surface area contributed by atoms with E-state index in [1.165, 1.54) is 4.88 Å². The van der Waals surface area contributed by atoms with Gasteiger partial charge in [0.1, 0.15) is 0 Å². The van der Waals surface area contributed by atoms with Gasteiger partial charge in [0.25, 0.3) is 0 Å². The molecule has 2 aromatic rings. The van der Waals surface area contributed by atoms with E-state index in [9.17, 15) is 0 Å². The van der Waals surface area contributed by atoms with E-state index in [0.29, 0.717) is 5.92 Å². The minimum atomic E-state index is 0.655. The molecule has 0 amide bonds. The van der Waals surface area contributed by atoms with Crippen LogP contribution in [0.15, 0.2) is 17.9 Å². The third-order valence-corrected chi connectivity index (χ3v) is 3.01. The highest BCUT2D eigenvalue weighted by Crippen LogP contribution is 2.07. The van der Waals surface area contributed by atoms with Gasteiger partial charge in [-0.25, -0.2) is 4.68 Å². The maximum Gasteiger partial charge on any atom is 0.0964 e. The largest absolute Gasteiger partial charge is 0.311 e. The van der Waals surface area contributed by atoms with Crippen molar-refractivity contribution < 1.29 is 0 Å². The highest BCUT2D eigenvalue weighted by Gasteiger charge is 2.02. The van der Waals surface area contributed by atoms with Gasteiger partial charge >= 0.3 is 0 Å². The van der Waals surface area contributed by atoms with Crippen molar-refractivity contribution in [2.75, 3.05) is 6.54 Å². The quantitative estimate of drug-likeness (QED) is 0.846. The monoisotopic (exact) mass is 251 g/mol.